The van der Waals surface area contributed by atoms with Gasteiger partial charge in [0.15, 0.2) is 0 Å². The number of ether oxygens (including phenoxy) is 1. The number of aliphatic hydroxyl groups is 1. The highest BCUT2D eigenvalue weighted by Gasteiger charge is 2.68. The summed E-state index contributed by atoms with van der Waals surface area (Å²) in [7, 11) is 1.74. The molecule has 2 saturated heterocycles. The van der Waals surface area contributed by atoms with Gasteiger partial charge in [-0.1, -0.05) is 54.4 Å². The molecule has 12 heteroatoms. The fourth-order valence-corrected chi connectivity index (χ4v) is 11.2. The van der Waals surface area contributed by atoms with E-state index in [0.29, 0.717) is 34.4 Å². The lowest BCUT2D eigenvalue weighted by Crippen LogP contribution is -2.48. The van der Waals surface area contributed by atoms with Crippen LogP contribution in [-0.4, -0.2) is 51.7 Å². The maximum absolute atomic E-state index is 15.2. The summed E-state index contributed by atoms with van der Waals surface area (Å²) in [5, 5.41) is 15.8. The third-order valence-electron chi connectivity index (χ3n) is 12.7. The molecule has 0 spiro atoms. The van der Waals surface area contributed by atoms with Crippen LogP contribution in [0.25, 0.3) is 20.7 Å². The van der Waals surface area contributed by atoms with Crippen molar-refractivity contribution >= 4 is 68.2 Å². The molecular formula is C44H41ClN4O6S. The van der Waals surface area contributed by atoms with E-state index < -0.39 is 35.0 Å². The number of allylic oxidation sites excluding steroid dienone is 2. The van der Waals surface area contributed by atoms with Crippen molar-refractivity contribution in [3.05, 3.63) is 106 Å². The zero-order valence-electron chi connectivity index (χ0n) is 31.5. The van der Waals surface area contributed by atoms with E-state index in [1.54, 1.807) is 41.3 Å². The summed E-state index contributed by atoms with van der Waals surface area (Å²) >= 11 is 7.91. The van der Waals surface area contributed by atoms with Crippen LogP contribution in [0.1, 0.15) is 49.3 Å². The number of amides is 4. The molecule has 2 aliphatic carbocycles. The fourth-order valence-electron chi connectivity index (χ4n) is 9.88. The molecule has 286 valence electrons. The van der Waals surface area contributed by atoms with Crippen molar-refractivity contribution in [1.29, 1.82) is 0 Å². The molecule has 4 amide bonds. The maximum Gasteiger partial charge on any atom is 0.242 e. The number of nitrogens with zero attached hydrogens (tertiary/aromatic N) is 4. The van der Waals surface area contributed by atoms with Gasteiger partial charge in [-0.2, -0.15) is 5.10 Å². The Morgan fingerprint density at radius 3 is 2.41 bits per heavy atom. The van der Waals surface area contributed by atoms with Gasteiger partial charge in [0.25, 0.3) is 0 Å². The van der Waals surface area contributed by atoms with Crippen LogP contribution in [-0.2, 0) is 32.6 Å². The van der Waals surface area contributed by atoms with Crippen molar-refractivity contribution in [1.82, 2.24) is 9.78 Å². The Morgan fingerprint density at radius 1 is 0.946 bits per heavy atom. The molecule has 3 fully saturated rings. The number of aromatic nitrogens is 2. The molecule has 10 nitrogen and oxygen atoms in total. The lowest BCUT2D eigenvalue weighted by Gasteiger charge is -2.49. The quantitative estimate of drug-likeness (QED) is 0.127. The molecule has 2 aromatic heterocycles. The number of carbonyl (C=O) groups excluding carboxylic acids is 4. The number of anilines is 2. The summed E-state index contributed by atoms with van der Waals surface area (Å²) in [6.45, 7) is 5.95. The van der Waals surface area contributed by atoms with Gasteiger partial charge in [-0.15, -0.1) is 11.3 Å². The molecular weight excluding hydrogens is 748 g/mol. The van der Waals surface area contributed by atoms with E-state index in [-0.39, 0.29) is 43.3 Å². The summed E-state index contributed by atoms with van der Waals surface area (Å²) in [6.07, 6.45) is 3.50. The largest absolute Gasteiger partial charge is 0.491 e. The third-order valence-corrected chi connectivity index (χ3v) is 14.2. The summed E-state index contributed by atoms with van der Waals surface area (Å²) in [6, 6.07) is 22.5. The third kappa shape index (κ3) is 5.34. The molecule has 6 atom stereocenters. The first-order valence-corrected chi connectivity index (χ1v) is 20.3. The van der Waals surface area contributed by atoms with Gasteiger partial charge in [0.05, 0.1) is 40.3 Å². The van der Waals surface area contributed by atoms with E-state index in [2.05, 4.69) is 13.0 Å². The molecule has 4 aliphatic rings. The second-order valence-corrected chi connectivity index (χ2v) is 17.0. The maximum atomic E-state index is 15.2. The van der Waals surface area contributed by atoms with Crippen LogP contribution in [0.2, 0.25) is 5.02 Å². The first kappa shape index (κ1) is 36.5. The number of rotatable bonds is 8. The van der Waals surface area contributed by atoms with Crippen LogP contribution in [0.3, 0.4) is 0 Å². The highest BCUT2D eigenvalue weighted by molar-refractivity contribution is 7.22. The van der Waals surface area contributed by atoms with Gasteiger partial charge in [0, 0.05) is 28.8 Å². The van der Waals surface area contributed by atoms with Crippen LogP contribution in [0.4, 0.5) is 11.5 Å². The highest BCUT2D eigenvalue weighted by atomic mass is 35.5. The van der Waals surface area contributed by atoms with Gasteiger partial charge in [-0.05, 0) is 104 Å². The van der Waals surface area contributed by atoms with Crippen LogP contribution < -0.4 is 14.5 Å². The molecule has 1 saturated carbocycles. The fraction of sp³-hybridized carbons (Fsp3) is 0.341. The second-order valence-electron chi connectivity index (χ2n) is 15.5. The molecule has 0 bridgehead atoms. The summed E-state index contributed by atoms with van der Waals surface area (Å²) in [5.74, 6) is -3.26. The zero-order chi connectivity index (χ0) is 39.2. The number of fused-ring (bicyclic) bond motifs is 5. The van der Waals surface area contributed by atoms with E-state index in [1.807, 2.05) is 68.4 Å². The van der Waals surface area contributed by atoms with E-state index >= 15 is 4.79 Å². The highest BCUT2D eigenvalue weighted by Crippen LogP contribution is 2.64. The number of imide groups is 2. The molecule has 3 aromatic carbocycles. The molecule has 56 heavy (non-hydrogen) atoms. The minimum absolute atomic E-state index is 0.132. The predicted molar refractivity (Wildman–Crippen MR) is 216 cm³/mol. The Hall–Kier alpha value is -5.10. The number of halogens is 1. The van der Waals surface area contributed by atoms with Gasteiger partial charge in [-0.25, -0.2) is 4.90 Å². The van der Waals surface area contributed by atoms with Crippen LogP contribution in [0.5, 0.6) is 5.75 Å². The van der Waals surface area contributed by atoms with Gasteiger partial charge in [0.2, 0.25) is 23.6 Å². The van der Waals surface area contributed by atoms with Gasteiger partial charge >= 0.3 is 0 Å². The number of aryl methyl sites for hydroxylation is 3. The van der Waals surface area contributed by atoms with Crippen LogP contribution in [0.15, 0.2) is 84.4 Å². The van der Waals surface area contributed by atoms with Crippen molar-refractivity contribution in [2.45, 2.75) is 46.0 Å². The van der Waals surface area contributed by atoms with Crippen LogP contribution in [0, 0.1) is 36.0 Å². The SMILES string of the molecule is CCc1ccc(N2C(=O)C3CC=C4C(CC5C(=O)N(c6cc(-c7sc8ccc(Cl)cc8c7C)nn6C)C(=O)C5(C)C4c4ccc(OCCO)cc4)C3C2=O)cc1. The number of aliphatic hydroxyl groups excluding tert-OH is 1. The average molecular weight is 789 g/mol. The Morgan fingerprint density at radius 2 is 1.70 bits per heavy atom. The first-order chi connectivity index (χ1) is 27.0. The van der Waals surface area contributed by atoms with Gasteiger partial charge < -0.3 is 9.84 Å². The first-order valence-electron chi connectivity index (χ1n) is 19.1. The molecule has 5 aromatic rings. The monoisotopic (exact) mass is 788 g/mol. The van der Waals surface area contributed by atoms with E-state index in [1.165, 1.54) is 9.80 Å². The van der Waals surface area contributed by atoms with E-state index in [0.717, 1.165) is 43.6 Å². The standard InChI is InChI=1S/C44H41ClN4O6S/c1-5-24-6-11-27(12-7-24)48-40(51)30-16-15-29-32(37(30)42(48)53)21-33-41(52)49(43(54)44(33,3)38(29)25-8-13-28(14-9-25)55-19-18-50)36-22-34(46-47(36)4)39-23(2)31-20-26(45)10-17-35(31)56-39/h6-15,17,20,22,30,32-33,37-38,50H,5,16,18-19,21H2,1-4H3. The van der Waals surface area contributed by atoms with Crippen molar-refractivity contribution in [2.24, 2.45) is 36.1 Å². The summed E-state index contributed by atoms with van der Waals surface area (Å²) < 4.78 is 8.32. The average Bonchev–Trinajstić information content (AvgIpc) is 3.87. The second kappa shape index (κ2) is 13.5. The van der Waals surface area contributed by atoms with Crippen molar-refractivity contribution < 1.29 is 29.0 Å². The van der Waals surface area contributed by atoms with Gasteiger partial charge in [0.1, 0.15) is 23.9 Å². The summed E-state index contributed by atoms with van der Waals surface area (Å²) in [5.41, 5.74) is 3.82. The van der Waals surface area contributed by atoms with Crippen molar-refractivity contribution in [3.8, 4) is 16.3 Å². The Balaban J connectivity index is 1.13. The lowest BCUT2D eigenvalue weighted by molar-refractivity contribution is -0.131. The molecule has 1 N–H and O–H groups in total. The van der Waals surface area contributed by atoms with Crippen molar-refractivity contribution in [3.63, 3.8) is 0 Å². The normalized spacial score (nSPS) is 25.8. The predicted octanol–water partition coefficient (Wildman–Crippen LogP) is 7.63. The van der Waals surface area contributed by atoms with E-state index in [9.17, 15) is 19.5 Å². The molecule has 9 rings (SSSR count). The minimum atomic E-state index is -1.21. The Labute approximate surface area is 333 Å². The van der Waals surface area contributed by atoms with Crippen LogP contribution >= 0.6 is 22.9 Å². The number of benzene rings is 3. The summed E-state index contributed by atoms with van der Waals surface area (Å²) in [4.78, 5) is 62.2. The lowest BCUT2D eigenvalue weighted by atomic mass is 9.51. The smallest absolute Gasteiger partial charge is 0.242 e. The number of carbonyl (C=O) groups is 4. The number of hydrogen-bond donors (Lipinski definition) is 1. The molecule has 2 aliphatic heterocycles. The number of hydrogen-bond acceptors (Lipinski definition) is 8. The zero-order valence-corrected chi connectivity index (χ0v) is 33.1. The molecule has 0 radical (unpaired) electrons. The topological polar surface area (TPSA) is 122 Å². The molecule has 4 heterocycles. The minimum Gasteiger partial charge on any atom is -0.491 e. The Kier molecular flexibility index (Phi) is 8.83. The van der Waals surface area contributed by atoms with Crippen molar-refractivity contribution in [2.75, 3.05) is 23.0 Å². The number of thiophene rings is 1. The molecule has 6 unspecified atom stereocenters. The Bertz CT molecular complexity index is 2490. The van der Waals surface area contributed by atoms with E-state index in [4.69, 9.17) is 21.4 Å². The van der Waals surface area contributed by atoms with Gasteiger partial charge in [-0.3, -0.25) is 28.8 Å².